The lowest BCUT2D eigenvalue weighted by atomic mass is 10.1. The molecule has 4 heteroatoms. The number of anilines is 2. The third-order valence-electron chi connectivity index (χ3n) is 4.47. The number of rotatable bonds is 2. The minimum Gasteiger partial charge on any atom is -0.399 e. The Kier molecular flexibility index (Phi) is 3.99. The van der Waals surface area contributed by atoms with Crippen LogP contribution in [-0.2, 0) is 0 Å². The van der Waals surface area contributed by atoms with Crippen LogP contribution in [-0.4, -0.2) is 37.1 Å². The Bertz CT molecular complexity index is 435. The van der Waals surface area contributed by atoms with Crippen molar-refractivity contribution in [3.63, 3.8) is 0 Å². The minimum absolute atomic E-state index is 0.820. The highest BCUT2D eigenvalue weighted by Crippen LogP contribution is 2.30. The summed E-state index contributed by atoms with van der Waals surface area (Å²) < 4.78 is 1.11. The van der Waals surface area contributed by atoms with Crippen LogP contribution in [0.5, 0.6) is 0 Å². The Morgan fingerprint density at radius 3 is 2.37 bits per heavy atom. The van der Waals surface area contributed by atoms with Crippen LogP contribution < -0.4 is 10.6 Å². The molecule has 1 aliphatic heterocycles. The van der Waals surface area contributed by atoms with Gasteiger partial charge in [0.15, 0.2) is 0 Å². The Hall–Kier alpha value is -0.740. The van der Waals surface area contributed by atoms with Crippen LogP contribution in [0.4, 0.5) is 11.4 Å². The van der Waals surface area contributed by atoms with E-state index in [0.29, 0.717) is 0 Å². The Balaban J connectivity index is 1.63. The van der Waals surface area contributed by atoms with E-state index in [-0.39, 0.29) is 0 Å². The topological polar surface area (TPSA) is 32.5 Å². The summed E-state index contributed by atoms with van der Waals surface area (Å²) in [6.45, 7) is 4.64. The zero-order chi connectivity index (χ0) is 13.2. The molecule has 1 heterocycles. The molecule has 2 aliphatic rings. The summed E-state index contributed by atoms with van der Waals surface area (Å²) in [5.74, 6) is 0. The Morgan fingerprint density at radius 2 is 1.74 bits per heavy atom. The number of hydrogen-bond acceptors (Lipinski definition) is 3. The van der Waals surface area contributed by atoms with Crippen molar-refractivity contribution in [1.29, 1.82) is 0 Å². The fourth-order valence-corrected chi connectivity index (χ4v) is 4.02. The zero-order valence-electron chi connectivity index (χ0n) is 11.3. The van der Waals surface area contributed by atoms with Gasteiger partial charge in [-0.3, -0.25) is 4.90 Å². The first kappa shape index (κ1) is 13.3. The molecule has 1 aromatic carbocycles. The van der Waals surface area contributed by atoms with Crippen LogP contribution in [0.25, 0.3) is 0 Å². The summed E-state index contributed by atoms with van der Waals surface area (Å²) in [6.07, 6.45) is 5.67. The standard InChI is InChI=1S/C15H22BrN3/c16-14-11-12(17)5-6-15(14)19-9-7-18(8-10-19)13-3-1-2-4-13/h5-6,11,13H,1-4,7-10,17H2. The number of piperazine rings is 1. The van der Waals surface area contributed by atoms with Crippen molar-refractivity contribution in [1.82, 2.24) is 4.90 Å². The molecule has 0 aromatic heterocycles. The van der Waals surface area contributed by atoms with E-state index < -0.39 is 0 Å². The van der Waals surface area contributed by atoms with Gasteiger partial charge in [-0.15, -0.1) is 0 Å². The van der Waals surface area contributed by atoms with Gasteiger partial charge in [0.2, 0.25) is 0 Å². The van der Waals surface area contributed by atoms with Gasteiger partial charge in [0.05, 0.1) is 5.69 Å². The maximum absolute atomic E-state index is 5.81. The quantitative estimate of drug-likeness (QED) is 0.849. The fraction of sp³-hybridized carbons (Fsp3) is 0.600. The van der Waals surface area contributed by atoms with Gasteiger partial charge in [-0.25, -0.2) is 0 Å². The predicted octanol–water partition coefficient (Wildman–Crippen LogP) is 3.10. The van der Waals surface area contributed by atoms with Crippen LogP contribution in [0.15, 0.2) is 22.7 Å². The normalized spacial score (nSPS) is 22.1. The van der Waals surface area contributed by atoms with E-state index >= 15 is 0 Å². The fourth-order valence-electron chi connectivity index (χ4n) is 3.38. The first-order valence-corrected chi connectivity index (χ1v) is 8.07. The van der Waals surface area contributed by atoms with E-state index in [0.717, 1.165) is 29.3 Å². The SMILES string of the molecule is Nc1ccc(N2CCN(C3CCCC3)CC2)c(Br)c1. The van der Waals surface area contributed by atoms with E-state index in [9.17, 15) is 0 Å². The van der Waals surface area contributed by atoms with Crippen LogP contribution in [0, 0.1) is 0 Å². The predicted molar refractivity (Wildman–Crippen MR) is 84.6 cm³/mol. The first-order valence-electron chi connectivity index (χ1n) is 7.28. The summed E-state index contributed by atoms with van der Waals surface area (Å²) in [5.41, 5.74) is 7.90. The molecule has 1 aromatic rings. The molecule has 2 N–H and O–H groups in total. The van der Waals surface area contributed by atoms with E-state index in [2.05, 4.69) is 31.8 Å². The van der Waals surface area contributed by atoms with Crippen molar-refractivity contribution in [3.8, 4) is 0 Å². The molecule has 0 bridgehead atoms. The molecular formula is C15H22BrN3. The van der Waals surface area contributed by atoms with Gasteiger partial charge in [0, 0.05) is 42.4 Å². The number of benzene rings is 1. The summed E-state index contributed by atoms with van der Waals surface area (Å²) in [7, 11) is 0. The summed E-state index contributed by atoms with van der Waals surface area (Å²) in [4.78, 5) is 5.16. The van der Waals surface area contributed by atoms with Crippen LogP contribution in [0.1, 0.15) is 25.7 Å². The van der Waals surface area contributed by atoms with Crippen LogP contribution in [0.3, 0.4) is 0 Å². The van der Waals surface area contributed by atoms with Gasteiger partial charge in [0.25, 0.3) is 0 Å². The molecule has 1 aliphatic carbocycles. The third-order valence-corrected chi connectivity index (χ3v) is 5.10. The molecule has 19 heavy (non-hydrogen) atoms. The second-order valence-corrected chi connectivity index (χ2v) is 6.53. The van der Waals surface area contributed by atoms with Gasteiger partial charge >= 0.3 is 0 Å². The molecule has 0 radical (unpaired) electrons. The minimum atomic E-state index is 0.820. The third kappa shape index (κ3) is 2.90. The van der Waals surface area contributed by atoms with Crippen molar-refractivity contribution in [2.24, 2.45) is 0 Å². The molecule has 3 nitrogen and oxygen atoms in total. The van der Waals surface area contributed by atoms with Crippen molar-refractivity contribution in [3.05, 3.63) is 22.7 Å². The zero-order valence-corrected chi connectivity index (χ0v) is 12.9. The van der Waals surface area contributed by atoms with Crippen LogP contribution in [0.2, 0.25) is 0 Å². The average Bonchev–Trinajstić information content (AvgIpc) is 2.93. The van der Waals surface area contributed by atoms with Crippen molar-refractivity contribution >= 4 is 27.3 Å². The molecule has 3 rings (SSSR count). The van der Waals surface area contributed by atoms with Crippen molar-refractivity contribution < 1.29 is 0 Å². The van der Waals surface area contributed by atoms with Gasteiger partial charge in [-0.05, 0) is 47.0 Å². The molecule has 104 valence electrons. The summed E-state index contributed by atoms with van der Waals surface area (Å²) >= 11 is 3.63. The maximum Gasteiger partial charge on any atom is 0.0513 e. The lowest BCUT2D eigenvalue weighted by Crippen LogP contribution is -2.49. The summed E-state index contributed by atoms with van der Waals surface area (Å²) in [5, 5.41) is 0. The highest BCUT2D eigenvalue weighted by molar-refractivity contribution is 9.10. The number of halogens is 1. The lowest BCUT2D eigenvalue weighted by molar-refractivity contribution is 0.187. The Labute approximate surface area is 123 Å². The van der Waals surface area contributed by atoms with E-state index in [4.69, 9.17) is 5.73 Å². The monoisotopic (exact) mass is 323 g/mol. The van der Waals surface area contributed by atoms with E-state index in [1.807, 2.05) is 12.1 Å². The number of hydrogen-bond donors (Lipinski definition) is 1. The highest BCUT2D eigenvalue weighted by Gasteiger charge is 2.26. The van der Waals surface area contributed by atoms with Crippen molar-refractivity contribution in [2.45, 2.75) is 31.7 Å². The van der Waals surface area contributed by atoms with E-state index in [1.165, 1.54) is 44.5 Å². The molecule has 0 spiro atoms. The van der Waals surface area contributed by atoms with E-state index in [1.54, 1.807) is 0 Å². The molecule has 1 saturated heterocycles. The molecular weight excluding hydrogens is 302 g/mol. The van der Waals surface area contributed by atoms with Crippen LogP contribution >= 0.6 is 15.9 Å². The van der Waals surface area contributed by atoms with Crippen molar-refractivity contribution in [2.75, 3.05) is 36.8 Å². The smallest absolute Gasteiger partial charge is 0.0513 e. The molecule has 1 saturated carbocycles. The average molecular weight is 324 g/mol. The molecule has 0 unspecified atom stereocenters. The second kappa shape index (κ2) is 5.71. The molecule has 0 amide bonds. The number of nitrogens with two attached hydrogens (primary N) is 1. The van der Waals surface area contributed by atoms with Gasteiger partial charge in [-0.1, -0.05) is 12.8 Å². The second-order valence-electron chi connectivity index (χ2n) is 5.67. The van der Waals surface area contributed by atoms with Gasteiger partial charge < -0.3 is 10.6 Å². The Morgan fingerprint density at radius 1 is 1.05 bits per heavy atom. The number of nitrogens with zero attached hydrogens (tertiary/aromatic N) is 2. The first-order chi connectivity index (χ1) is 9.24. The highest BCUT2D eigenvalue weighted by atomic mass is 79.9. The van der Waals surface area contributed by atoms with Gasteiger partial charge in [-0.2, -0.15) is 0 Å². The molecule has 0 atom stereocenters. The molecule has 2 fully saturated rings. The maximum atomic E-state index is 5.81. The number of nitrogen functional groups attached to an aromatic ring is 1. The van der Waals surface area contributed by atoms with Gasteiger partial charge in [0.1, 0.15) is 0 Å². The largest absolute Gasteiger partial charge is 0.399 e. The summed E-state index contributed by atoms with van der Waals surface area (Å²) in [6, 6.07) is 6.98. The lowest BCUT2D eigenvalue weighted by Gasteiger charge is -2.39.